The maximum atomic E-state index is 12.6. The van der Waals surface area contributed by atoms with E-state index in [1.165, 1.54) is 167 Å². The van der Waals surface area contributed by atoms with E-state index in [0.717, 1.165) is 69.6 Å². The molecule has 57 heavy (non-hydrogen) atoms. The van der Waals surface area contributed by atoms with Crippen LogP contribution >= 0.6 is 0 Å². The summed E-state index contributed by atoms with van der Waals surface area (Å²) in [4.78, 5) is 37.7. The Kier molecular flexibility index (Phi) is 42.7. The van der Waals surface area contributed by atoms with E-state index in [4.69, 9.17) is 14.2 Å². The third-order valence-corrected chi connectivity index (χ3v) is 11.5. The molecule has 1 atom stereocenters. The van der Waals surface area contributed by atoms with Gasteiger partial charge >= 0.3 is 17.9 Å². The molecule has 0 N–H and O–H groups in total. The standard InChI is InChI=1S/C51H98O6/c1-6-7-8-9-24-33-38-43-51(54)57-48(45-56-50(53)42-37-32-28-23-19-18-21-26-30-35-40-47(4)5)44-55-49(52)41-36-31-27-22-17-15-13-11-10-12-14-16-20-25-29-34-39-46(2)3/h46-48H,6-45H2,1-5H3/t48-/m1/s1. The molecule has 0 bridgehead atoms. The molecule has 0 aromatic heterocycles. The summed E-state index contributed by atoms with van der Waals surface area (Å²) in [6.07, 6.45) is 43.9. The van der Waals surface area contributed by atoms with Crippen molar-refractivity contribution in [2.45, 2.75) is 285 Å². The van der Waals surface area contributed by atoms with E-state index in [1.807, 2.05) is 0 Å². The van der Waals surface area contributed by atoms with Crippen LogP contribution in [0.2, 0.25) is 0 Å². The molecule has 0 amide bonds. The fraction of sp³-hybridized carbons (Fsp3) is 0.941. The van der Waals surface area contributed by atoms with E-state index in [2.05, 4.69) is 34.6 Å². The second kappa shape index (κ2) is 44.0. The van der Waals surface area contributed by atoms with Crippen LogP contribution in [0.5, 0.6) is 0 Å². The van der Waals surface area contributed by atoms with E-state index >= 15 is 0 Å². The number of rotatable bonds is 45. The highest BCUT2D eigenvalue weighted by molar-refractivity contribution is 5.71. The van der Waals surface area contributed by atoms with Crippen molar-refractivity contribution >= 4 is 17.9 Å². The zero-order valence-electron chi connectivity index (χ0n) is 39.0. The van der Waals surface area contributed by atoms with Crippen LogP contribution in [-0.4, -0.2) is 37.2 Å². The fourth-order valence-corrected chi connectivity index (χ4v) is 7.64. The lowest BCUT2D eigenvalue weighted by molar-refractivity contribution is -0.167. The van der Waals surface area contributed by atoms with Gasteiger partial charge in [-0.05, 0) is 31.1 Å². The maximum absolute atomic E-state index is 12.6. The predicted molar refractivity (Wildman–Crippen MR) is 243 cm³/mol. The lowest BCUT2D eigenvalue weighted by atomic mass is 10.0. The van der Waals surface area contributed by atoms with Crippen molar-refractivity contribution in [2.24, 2.45) is 11.8 Å². The summed E-state index contributed by atoms with van der Waals surface area (Å²) in [5.41, 5.74) is 0. The Hall–Kier alpha value is -1.59. The molecule has 0 saturated carbocycles. The molecule has 0 aliphatic carbocycles. The van der Waals surface area contributed by atoms with Gasteiger partial charge in [-0.1, -0.05) is 240 Å². The molecule has 0 spiro atoms. The van der Waals surface area contributed by atoms with E-state index in [1.54, 1.807) is 0 Å². The van der Waals surface area contributed by atoms with Crippen molar-refractivity contribution < 1.29 is 28.6 Å². The van der Waals surface area contributed by atoms with Gasteiger partial charge in [-0.3, -0.25) is 14.4 Å². The smallest absolute Gasteiger partial charge is 0.306 e. The first kappa shape index (κ1) is 55.4. The molecule has 0 heterocycles. The van der Waals surface area contributed by atoms with E-state index < -0.39 is 6.10 Å². The molecular weight excluding hydrogens is 709 g/mol. The number of unbranched alkanes of at least 4 members (excludes halogenated alkanes) is 30. The molecule has 6 heteroatoms. The van der Waals surface area contributed by atoms with Gasteiger partial charge in [0.15, 0.2) is 6.10 Å². The molecule has 0 unspecified atom stereocenters. The van der Waals surface area contributed by atoms with Gasteiger partial charge in [0.2, 0.25) is 0 Å². The van der Waals surface area contributed by atoms with Gasteiger partial charge in [0.1, 0.15) is 13.2 Å². The normalized spacial score (nSPS) is 12.1. The lowest BCUT2D eigenvalue weighted by Gasteiger charge is -2.18. The summed E-state index contributed by atoms with van der Waals surface area (Å²) in [5, 5.41) is 0. The minimum absolute atomic E-state index is 0.0644. The minimum atomic E-state index is -0.760. The monoisotopic (exact) mass is 807 g/mol. The van der Waals surface area contributed by atoms with Gasteiger partial charge in [-0.25, -0.2) is 0 Å². The highest BCUT2D eigenvalue weighted by Crippen LogP contribution is 2.17. The quantitative estimate of drug-likeness (QED) is 0.0346. The summed E-state index contributed by atoms with van der Waals surface area (Å²) in [5.74, 6) is 0.814. The Bertz CT molecular complexity index is 870. The molecule has 0 fully saturated rings. The number of hydrogen-bond acceptors (Lipinski definition) is 6. The summed E-state index contributed by atoms with van der Waals surface area (Å²) >= 11 is 0. The molecule has 0 aromatic rings. The number of carbonyl (C=O) groups is 3. The minimum Gasteiger partial charge on any atom is -0.462 e. The highest BCUT2D eigenvalue weighted by atomic mass is 16.6. The Morgan fingerprint density at radius 3 is 0.860 bits per heavy atom. The summed E-state index contributed by atoms with van der Waals surface area (Å²) in [6, 6.07) is 0. The third-order valence-electron chi connectivity index (χ3n) is 11.5. The van der Waals surface area contributed by atoms with Crippen LogP contribution in [-0.2, 0) is 28.6 Å². The Morgan fingerprint density at radius 2 is 0.579 bits per heavy atom. The van der Waals surface area contributed by atoms with Crippen LogP contribution in [0.1, 0.15) is 279 Å². The van der Waals surface area contributed by atoms with Gasteiger partial charge < -0.3 is 14.2 Å². The topological polar surface area (TPSA) is 78.9 Å². The average molecular weight is 807 g/mol. The first-order valence-electron chi connectivity index (χ1n) is 25.2. The zero-order valence-corrected chi connectivity index (χ0v) is 39.0. The predicted octanol–water partition coefficient (Wildman–Crippen LogP) is 16.1. The van der Waals surface area contributed by atoms with Crippen LogP contribution in [0, 0.1) is 11.8 Å². The van der Waals surface area contributed by atoms with Crippen molar-refractivity contribution in [1.29, 1.82) is 0 Å². The Labute approximate surface area is 355 Å². The van der Waals surface area contributed by atoms with Crippen molar-refractivity contribution in [1.82, 2.24) is 0 Å². The van der Waals surface area contributed by atoms with E-state index in [0.29, 0.717) is 19.3 Å². The van der Waals surface area contributed by atoms with E-state index in [9.17, 15) is 14.4 Å². The van der Waals surface area contributed by atoms with Crippen molar-refractivity contribution in [3.05, 3.63) is 0 Å². The molecule has 6 nitrogen and oxygen atoms in total. The van der Waals surface area contributed by atoms with Gasteiger partial charge in [0, 0.05) is 19.3 Å². The SMILES string of the molecule is CCCCCCCCCC(=O)O[C@H](COC(=O)CCCCCCCCCCCCCCCCCCC(C)C)COC(=O)CCCCCCCCCCCCC(C)C. The maximum Gasteiger partial charge on any atom is 0.306 e. The molecule has 0 rings (SSSR count). The molecule has 0 saturated heterocycles. The fourth-order valence-electron chi connectivity index (χ4n) is 7.64. The Morgan fingerprint density at radius 1 is 0.333 bits per heavy atom. The van der Waals surface area contributed by atoms with Crippen LogP contribution in [0.15, 0.2) is 0 Å². The molecule has 0 aliphatic heterocycles. The lowest BCUT2D eigenvalue weighted by Crippen LogP contribution is -2.30. The largest absolute Gasteiger partial charge is 0.462 e. The molecule has 0 aromatic carbocycles. The first-order valence-corrected chi connectivity index (χ1v) is 25.2. The van der Waals surface area contributed by atoms with Gasteiger partial charge in [-0.15, -0.1) is 0 Å². The van der Waals surface area contributed by atoms with Gasteiger partial charge in [0.05, 0.1) is 0 Å². The van der Waals surface area contributed by atoms with Gasteiger partial charge in [0.25, 0.3) is 0 Å². The number of carbonyl (C=O) groups excluding carboxylic acids is 3. The first-order chi connectivity index (χ1) is 27.7. The van der Waals surface area contributed by atoms with Crippen molar-refractivity contribution in [3.63, 3.8) is 0 Å². The number of hydrogen-bond donors (Lipinski definition) is 0. The molecule has 338 valence electrons. The third kappa shape index (κ3) is 45.3. The van der Waals surface area contributed by atoms with Crippen LogP contribution in [0.25, 0.3) is 0 Å². The average Bonchev–Trinajstić information content (AvgIpc) is 3.18. The van der Waals surface area contributed by atoms with Crippen molar-refractivity contribution in [3.8, 4) is 0 Å². The second-order valence-electron chi connectivity index (χ2n) is 18.4. The van der Waals surface area contributed by atoms with Crippen LogP contribution in [0.4, 0.5) is 0 Å². The molecule has 0 aliphatic rings. The number of esters is 3. The highest BCUT2D eigenvalue weighted by Gasteiger charge is 2.19. The molecular formula is C51H98O6. The van der Waals surface area contributed by atoms with Gasteiger partial charge in [-0.2, -0.15) is 0 Å². The summed E-state index contributed by atoms with van der Waals surface area (Å²) in [7, 11) is 0. The number of ether oxygens (including phenoxy) is 3. The van der Waals surface area contributed by atoms with E-state index in [-0.39, 0.29) is 31.1 Å². The van der Waals surface area contributed by atoms with Crippen molar-refractivity contribution in [2.75, 3.05) is 13.2 Å². The van der Waals surface area contributed by atoms with Crippen LogP contribution in [0.3, 0.4) is 0 Å². The zero-order chi connectivity index (χ0) is 41.9. The summed E-state index contributed by atoms with van der Waals surface area (Å²) < 4.78 is 16.7. The van der Waals surface area contributed by atoms with Crippen LogP contribution < -0.4 is 0 Å². The second-order valence-corrected chi connectivity index (χ2v) is 18.4. The Balaban J connectivity index is 4.14. The summed E-state index contributed by atoms with van der Waals surface area (Å²) in [6.45, 7) is 11.3. The molecule has 0 radical (unpaired) electrons.